The van der Waals surface area contributed by atoms with Gasteiger partial charge in [-0.15, -0.1) is 0 Å². The lowest BCUT2D eigenvalue weighted by Crippen LogP contribution is -2.41. The van der Waals surface area contributed by atoms with Crippen molar-refractivity contribution < 1.29 is 18.0 Å². The Morgan fingerprint density at radius 1 is 1.15 bits per heavy atom. The molecule has 1 unspecified atom stereocenters. The predicted molar refractivity (Wildman–Crippen MR) is 103 cm³/mol. The Morgan fingerprint density at radius 2 is 1.89 bits per heavy atom. The average molecular weight is 394 g/mol. The summed E-state index contributed by atoms with van der Waals surface area (Å²) >= 11 is 0. The van der Waals surface area contributed by atoms with Gasteiger partial charge in [0.25, 0.3) is 10.0 Å². The monoisotopic (exact) mass is 394 g/mol. The molecule has 148 valence electrons. The van der Waals surface area contributed by atoms with E-state index in [0.29, 0.717) is 18.5 Å². The number of amides is 2. The van der Waals surface area contributed by atoms with Gasteiger partial charge < -0.3 is 10.6 Å². The summed E-state index contributed by atoms with van der Waals surface area (Å²) in [5, 5.41) is 5.27. The van der Waals surface area contributed by atoms with Gasteiger partial charge in [-0.1, -0.05) is 38.8 Å². The van der Waals surface area contributed by atoms with Gasteiger partial charge in [-0.25, -0.2) is 8.42 Å². The van der Waals surface area contributed by atoms with E-state index >= 15 is 0 Å². The Labute approximate surface area is 159 Å². The molecule has 1 aliphatic rings. The molecule has 0 aromatic heterocycles. The van der Waals surface area contributed by atoms with Crippen molar-refractivity contribution in [3.05, 3.63) is 29.8 Å². The van der Waals surface area contributed by atoms with Crippen LogP contribution in [-0.4, -0.2) is 45.2 Å². The number of aliphatic imine (C=N–C) groups is 1. The third-order valence-corrected chi connectivity index (χ3v) is 5.47. The van der Waals surface area contributed by atoms with E-state index in [-0.39, 0.29) is 23.2 Å². The minimum atomic E-state index is -3.66. The second-order valence-corrected chi connectivity index (χ2v) is 7.96. The molecule has 0 saturated heterocycles. The van der Waals surface area contributed by atoms with Crippen LogP contribution in [0.4, 0.5) is 0 Å². The number of nitrogens with zero attached hydrogens (tertiary/aromatic N) is 1. The summed E-state index contributed by atoms with van der Waals surface area (Å²) in [6.45, 7) is 4.35. The second-order valence-electron chi connectivity index (χ2n) is 6.31. The van der Waals surface area contributed by atoms with Crippen LogP contribution >= 0.6 is 0 Å². The fourth-order valence-corrected chi connectivity index (χ4v) is 3.89. The van der Waals surface area contributed by atoms with Crippen LogP contribution in [0.1, 0.15) is 45.1 Å². The largest absolute Gasteiger partial charge is 0.355 e. The molecule has 27 heavy (non-hydrogen) atoms. The molecule has 0 spiro atoms. The lowest BCUT2D eigenvalue weighted by Gasteiger charge is -2.14. The number of unbranched alkanes of at least 4 members (excludes halogenated alkanes) is 1. The van der Waals surface area contributed by atoms with Crippen molar-refractivity contribution in [2.24, 2.45) is 4.99 Å². The number of hydrogen-bond acceptors (Lipinski definition) is 5. The normalized spacial score (nSPS) is 17.0. The molecular formula is C18H26N4O4S. The Kier molecular flexibility index (Phi) is 7.35. The zero-order valence-electron chi connectivity index (χ0n) is 15.6. The Bertz CT molecular complexity index is 820. The van der Waals surface area contributed by atoms with Gasteiger partial charge in [-0.3, -0.25) is 19.3 Å². The number of fused-ring (bicyclic) bond motifs is 1. The van der Waals surface area contributed by atoms with Crippen molar-refractivity contribution in [1.82, 2.24) is 15.4 Å². The van der Waals surface area contributed by atoms with Crippen LogP contribution in [0.3, 0.4) is 0 Å². The molecule has 1 heterocycles. The molecular weight excluding hydrogens is 368 g/mol. The maximum atomic E-state index is 12.5. The molecule has 0 fully saturated rings. The third-order valence-electron chi connectivity index (χ3n) is 4.08. The summed E-state index contributed by atoms with van der Waals surface area (Å²) in [7, 11) is -3.66. The first-order chi connectivity index (χ1) is 12.9. The fourth-order valence-electron chi connectivity index (χ4n) is 2.65. The van der Waals surface area contributed by atoms with E-state index in [1.54, 1.807) is 18.2 Å². The van der Waals surface area contributed by atoms with Crippen molar-refractivity contribution in [2.45, 2.75) is 50.5 Å². The molecule has 8 nitrogen and oxygen atoms in total. The summed E-state index contributed by atoms with van der Waals surface area (Å²) in [5.41, 5.74) is 0.451. The number of amidine groups is 1. The topological polar surface area (TPSA) is 117 Å². The Hall–Kier alpha value is -2.42. The first kappa shape index (κ1) is 20.9. The maximum Gasteiger partial charge on any atom is 0.263 e. The summed E-state index contributed by atoms with van der Waals surface area (Å²) in [5.74, 6) is -0.498. The molecule has 0 radical (unpaired) electrons. The lowest BCUT2D eigenvalue weighted by atomic mass is 10.1. The minimum Gasteiger partial charge on any atom is -0.355 e. The van der Waals surface area contributed by atoms with Crippen LogP contribution in [0.15, 0.2) is 34.2 Å². The zero-order valence-corrected chi connectivity index (χ0v) is 16.4. The molecule has 0 saturated carbocycles. The van der Waals surface area contributed by atoms with Crippen LogP contribution in [0.25, 0.3) is 0 Å². The first-order valence-corrected chi connectivity index (χ1v) is 10.6. The quantitative estimate of drug-likeness (QED) is 0.577. The molecule has 1 atom stereocenters. The lowest BCUT2D eigenvalue weighted by molar-refractivity contribution is -0.126. The molecule has 0 aliphatic carbocycles. The molecule has 3 N–H and O–H groups in total. The van der Waals surface area contributed by atoms with Crippen molar-refractivity contribution >= 4 is 27.7 Å². The fraction of sp³-hybridized carbons (Fsp3) is 0.500. The summed E-state index contributed by atoms with van der Waals surface area (Å²) in [4.78, 5) is 28.7. The first-order valence-electron chi connectivity index (χ1n) is 9.13. The number of carbonyl (C=O) groups excluding carboxylic acids is 2. The molecule has 2 amide bonds. The van der Waals surface area contributed by atoms with Crippen molar-refractivity contribution in [1.29, 1.82) is 0 Å². The van der Waals surface area contributed by atoms with Gasteiger partial charge in [0.15, 0.2) is 0 Å². The van der Waals surface area contributed by atoms with E-state index in [9.17, 15) is 18.0 Å². The van der Waals surface area contributed by atoms with Gasteiger partial charge >= 0.3 is 0 Å². The smallest absolute Gasteiger partial charge is 0.263 e. The molecule has 2 rings (SSSR count). The minimum absolute atomic E-state index is 0.130. The molecule has 1 aromatic rings. The number of rotatable bonds is 9. The maximum absolute atomic E-state index is 12.5. The van der Waals surface area contributed by atoms with Crippen LogP contribution in [-0.2, 0) is 19.6 Å². The van der Waals surface area contributed by atoms with E-state index in [1.807, 2.05) is 13.8 Å². The van der Waals surface area contributed by atoms with Gasteiger partial charge in [-0.2, -0.15) is 0 Å². The van der Waals surface area contributed by atoms with Gasteiger partial charge in [0.2, 0.25) is 11.8 Å². The number of carbonyl (C=O) groups is 2. The number of hydrogen-bond donors (Lipinski definition) is 3. The van der Waals surface area contributed by atoms with Crippen LogP contribution in [0, 0.1) is 0 Å². The van der Waals surface area contributed by atoms with Gasteiger partial charge in [0, 0.05) is 12.1 Å². The van der Waals surface area contributed by atoms with Gasteiger partial charge in [0.1, 0.15) is 11.9 Å². The average Bonchev–Trinajstić information content (AvgIpc) is 2.92. The predicted octanol–water partition coefficient (Wildman–Crippen LogP) is 0.926. The van der Waals surface area contributed by atoms with E-state index in [2.05, 4.69) is 20.3 Å². The Morgan fingerprint density at radius 3 is 2.59 bits per heavy atom. The highest BCUT2D eigenvalue weighted by Crippen LogP contribution is 2.23. The van der Waals surface area contributed by atoms with Crippen LogP contribution < -0.4 is 15.4 Å². The zero-order chi connectivity index (χ0) is 19.9. The number of nitrogens with one attached hydrogen (secondary N) is 3. The SMILES string of the molecule is CCCCC(N=C1NS(=O)(=O)c2ccccc21)C(=O)NCC(=O)NCCC. The molecule has 9 heteroatoms. The van der Waals surface area contributed by atoms with Gasteiger partial charge in [-0.05, 0) is 25.0 Å². The molecule has 0 bridgehead atoms. The van der Waals surface area contributed by atoms with E-state index in [1.165, 1.54) is 6.07 Å². The number of sulfonamides is 1. The van der Waals surface area contributed by atoms with E-state index < -0.39 is 22.0 Å². The van der Waals surface area contributed by atoms with Crippen LogP contribution in [0.5, 0.6) is 0 Å². The van der Waals surface area contributed by atoms with E-state index in [0.717, 1.165) is 19.3 Å². The van der Waals surface area contributed by atoms with Crippen molar-refractivity contribution in [3.8, 4) is 0 Å². The Balaban J connectivity index is 2.16. The summed E-state index contributed by atoms with van der Waals surface area (Å²) in [6.07, 6.45) is 2.90. The standard InChI is InChI=1S/C18H26N4O4S/c1-3-5-9-14(18(24)20-12-16(23)19-11-4-2)21-17-13-8-6-7-10-15(13)27(25,26)22-17/h6-8,10,14H,3-5,9,11-12H2,1-2H3,(H,19,23)(H,20,24)(H,21,22). The highest BCUT2D eigenvalue weighted by Gasteiger charge is 2.31. The second kappa shape index (κ2) is 9.50. The summed E-state index contributed by atoms with van der Waals surface area (Å²) in [6, 6.07) is 5.73. The van der Waals surface area contributed by atoms with Gasteiger partial charge in [0.05, 0.1) is 11.4 Å². The van der Waals surface area contributed by atoms with Crippen molar-refractivity contribution in [3.63, 3.8) is 0 Å². The highest BCUT2D eigenvalue weighted by molar-refractivity contribution is 7.90. The van der Waals surface area contributed by atoms with Crippen molar-refractivity contribution in [2.75, 3.05) is 13.1 Å². The number of benzene rings is 1. The third kappa shape index (κ3) is 5.53. The van der Waals surface area contributed by atoms with Crippen LogP contribution in [0.2, 0.25) is 0 Å². The molecule has 1 aromatic carbocycles. The summed E-state index contributed by atoms with van der Waals surface area (Å²) < 4.78 is 26.8. The highest BCUT2D eigenvalue weighted by atomic mass is 32.2. The van der Waals surface area contributed by atoms with E-state index in [4.69, 9.17) is 0 Å². The molecule has 1 aliphatic heterocycles.